The molecule has 1 unspecified atom stereocenters. The van der Waals surface area contributed by atoms with Crippen molar-refractivity contribution < 1.29 is 0 Å². The average Bonchev–Trinajstić information content (AvgIpc) is 2.70. The van der Waals surface area contributed by atoms with Gasteiger partial charge < -0.3 is 14.8 Å². The Balaban J connectivity index is 1.76. The molecule has 0 radical (unpaired) electrons. The molecule has 0 saturated carbocycles. The predicted molar refractivity (Wildman–Crippen MR) is 66.6 cm³/mol. The molecule has 0 amide bonds. The van der Waals surface area contributed by atoms with Gasteiger partial charge in [-0.1, -0.05) is 0 Å². The van der Waals surface area contributed by atoms with E-state index in [9.17, 15) is 0 Å². The van der Waals surface area contributed by atoms with Gasteiger partial charge in [-0.05, 0) is 14.1 Å². The van der Waals surface area contributed by atoms with Gasteiger partial charge in [0.1, 0.15) is 12.2 Å². The van der Waals surface area contributed by atoms with Gasteiger partial charge in [0.15, 0.2) is 0 Å². The van der Waals surface area contributed by atoms with Gasteiger partial charge >= 0.3 is 0 Å². The highest BCUT2D eigenvalue weighted by atomic mass is 15.3. The molecule has 6 nitrogen and oxygen atoms in total. The highest BCUT2D eigenvalue weighted by Crippen LogP contribution is 2.04. The summed E-state index contributed by atoms with van der Waals surface area (Å²) < 4.78 is 1.95. The summed E-state index contributed by atoms with van der Waals surface area (Å²) in [4.78, 5) is 4.80. The van der Waals surface area contributed by atoms with Crippen molar-refractivity contribution >= 4 is 0 Å². The number of rotatable bonds is 4. The van der Waals surface area contributed by atoms with E-state index >= 15 is 0 Å². The minimum absolute atomic E-state index is 0.585. The number of likely N-dealkylation sites (N-methyl/N-ethyl adjacent to an activating group) is 2. The topological polar surface area (TPSA) is 49.2 Å². The van der Waals surface area contributed by atoms with Crippen LogP contribution in [0, 0.1) is 0 Å². The summed E-state index contributed by atoms with van der Waals surface area (Å²) in [5.74, 6) is 0.983. The van der Waals surface area contributed by atoms with Crippen LogP contribution in [0.15, 0.2) is 6.33 Å². The highest BCUT2D eigenvalue weighted by molar-refractivity contribution is 4.85. The number of aryl methyl sites for hydroxylation is 1. The summed E-state index contributed by atoms with van der Waals surface area (Å²) in [5, 5.41) is 11.4. The molecule has 6 heteroatoms. The second-order valence-corrected chi connectivity index (χ2v) is 4.89. The van der Waals surface area contributed by atoms with E-state index in [1.54, 1.807) is 6.33 Å². The lowest BCUT2D eigenvalue weighted by Crippen LogP contribution is -2.53. The van der Waals surface area contributed by atoms with Crippen molar-refractivity contribution in [2.24, 2.45) is 7.05 Å². The van der Waals surface area contributed by atoms with Crippen LogP contribution >= 0.6 is 0 Å². The summed E-state index contributed by atoms with van der Waals surface area (Å²) in [6.45, 7) is 5.21. The molecule has 1 aromatic rings. The van der Waals surface area contributed by atoms with Gasteiger partial charge in [0, 0.05) is 39.3 Å². The molecule has 1 aliphatic rings. The van der Waals surface area contributed by atoms with Crippen molar-refractivity contribution in [3.05, 3.63) is 12.2 Å². The van der Waals surface area contributed by atoms with Crippen molar-refractivity contribution in [1.82, 2.24) is 29.9 Å². The van der Waals surface area contributed by atoms with Gasteiger partial charge in [-0.2, -0.15) is 0 Å². The van der Waals surface area contributed by atoms with Crippen LogP contribution < -0.4 is 5.32 Å². The van der Waals surface area contributed by atoms with Gasteiger partial charge in [0.25, 0.3) is 0 Å². The zero-order chi connectivity index (χ0) is 12.3. The summed E-state index contributed by atoms with van der Waals surface area (Å²) in [6.07, 6.45) is 1.73. The summed E-state index contributed by atoms with van der Waals surface area (Å²) >= 11 is 0. The molecule has 0 bridgehead atoms. The summed E-state index contributed by atoms with van der Waals surface area (Å²) in [5.41, 5.74) is 0. The van der Waals surface area contributed by atoms with Gasteiger partial charge in [-0.3, -0.25) is 4.90 Å². The molecule has 2 heterocycles. The third-order valence-corrected chi connectivity index (χ3v) is 3.45. The third-order valence-electron chi connectivity index (χ3n) is 3.45. The Labute approximate surface area is 103 Å². The second-order valence-electron chi connectivity index (χ2n) is 4.89. The molecular formula is C11H22N6. The second kappa shape index (κ2) is 5.57. The van der Waals surface area contributed by atoms with Crippen molar-refractivity contribution in [1.29, 1.82) is 0 Å². The van der Waals surface area contributed by atoms with E-state index in [2.05, 4.69) is 39.4 Å². The Kier molecular flexibility index (Phi) is 4.09. The molecule has 0 aromatic carbocycles. The van der Waals surface area contributed by atoms with E-state index < -0.39 is 0 Å². The minimum atomic E-state index is 0.585. The Morgan fingerprint density at radius 2 is 2.18 bits per heavy atom. The fourth-order valence-corrected chi connectivity index (χ4v) is 2.14. The zero-order valence-corrected chi connectivity index (χ0v) is 10.9. The van der Waals surface area contributed by atoms with Crippen molar-refractivity contribution in [3.8, 4) is 0 Å². The van der Waals surface area contributed by atoms with Gasteiger partial charge in [0.2, 0.25) is 0 Å². The summed E-state index contributed by atoms with van der Waals surface area (Å²) in [6, 6.07) is 0.585. The van der Waals surface area contributed by atoms with E-state index in [0.29, 0.717) is 6.04 Å². The van der Waals surface area contributed by atoms with Crippen LogP contribution in [0.25, 0.3) is 0 Å². The van der Waals surface area contributed by atoms with E-state index in [1.165, 1.54) is 0 Å². The molecule has 0 spiro atoms. The number of nitrogens with one attached hydrogen (secondary N) is 1. The number of hydrogen-bond acceptors (Lipinski definition) is 5. The van der Waals surface area contributed by atoms with Crippen molar-refractivity contribution in [3.63, 3.8) is 0 Å². The van der Waals surface area contributed by atoms with Crippen LogP contribution in [0.3, 0.4) is 0 Å². The zero-order valence-electron chi connectivity index (χ0n) is 10.9. The highest BCUT2D eigenvalue weighted by Gasteiger charge is 2.21. The number of nitrogens with zero attached hydrogens (tertiary/aromatic N) is 5. The molecule has 1 fully saturated rings. The first kappa shape index (κ1) is 12.5. The van der Waals surface area contributed by atoms with Crippen molar-refractivity contribution in [2.45, 2.75) is 12.6 Å². The fraction of sp³-hybridized carbons (Fsp3) is 0.818. The first-order chi connectivity index (χ1) is 8.16. The largest absolute Gasteiger partial charge is 0.320 e. The number of aromatic nitrogens is 3. The Morgan fingerprint density at radius 1 is 1.35 bits per heavy atom. The average molecular weight is 238 g/mol. The fourth-order valence-electron chi connectivity index (χ4n) is 2.14. The molecule has 1 N–H and O–H groups in total. The first-order valence-electron chi connectivity index (χ1n) is 6.09. The maximum absolute atomic E-state index is 4.06. The molecule has 0 aliphatic carbocycles. The Hall–Kier alpha value is -0.980. The van der Waals surface area contributed by atoms with E-state index in [1.807, 2.05) is 11.6 Å². The molecule has 1 aliphatic heterocycles. The molecule has 96 valence electrons. The van der Waals surface area contributed by atoms with Crippen LogP contribution in [0.4, 0.5) is 0 Å². The van der Waals surface area contributed by atoms with Crippen LogP contribution in [0.2, 0.25) is 0 Å². The molecule has 2 rings (SSSR count). The lowest BCUT2D eigenvalue weighted by Gasteiger charge is -2.37. The van der Waals surface area contributed by atoms with E-state index in [-0.39, 0.29) is 0 Å². The molecule has 1 saturated heterocycles. The molecular weight excluding hydrogens is 216 g/mol. The molecule has 1 atom stereocenters. The van der Waals surface area contributed by atoms with Crippen LogP contribution in [0.5, 0.6) is 0 Å². The molecule has 17 heavy (non-hydrogen) atoms. The Bertz CT molecular complexity index is 349. The summed E-state index contributed by atoms with van der Waals surface area (Å²) in [7, 11) is 6.35. The smallest absolute Gasteiger partial charge is 0.146 e. The van der Waals surface area contributed by atoms with E-state index in [4.69, 9.17) is 0 Å². The number of hydrogen-bond donors (Lipinski definition) is 1. The predicted octanol–water partition coefficient (Wildman–Crippen LogP) is -0.849. The SMILES string of the molecule is CN1CCN(C)C(CNCc2nncn2C)C1. The van der Waals surface area contributed by atoms with Crippen LogP contribution in [-0.2, 0) is 13.6 Å². The van der Waals surface area contributed by atoms with Crippen LogP contribution in [0.1, 0.15) is 5.82 Å². The lowest BCUT2D eigenvalue weighted by molar-refractivity contribution is 0.113. The lowest BCUT2D eigenvalue weighted by atomic mass is 10.2. The van der Waals surface area contributed by atoms with Gasteiger partial charge in [-0.25, -0.2) is 0 Å². The third kappa shape index (κ3) is 3.24. The maximum atomic E-state index is 4.06. The van der Waals surface area contributed by atoms with Crippen LogP contribution in [-0.4, -0.2) is 70.9 Å². The van der Waals surface area contributed by atoms with E-state index in [0.717, 1.165) is 38.5 Å². The number of piperazine rings is 1. The molecule has 1 aromatic heterocycles. The standard InChI is InChI=1S/C11H22N6/c1-15-4-5-16(2)10(8-15)6-12-7-11-14-13-9-17(11)3/h9-10,12H,4-8H2,1-3H3. The first-order valence-corrected chi connectivity index (χ1v) is 6.09. The van der Waals surface area contributed by atoms with Gasteiger partial charge in [-0.15, -0.1) is 10.2 Å². The van der Waals surface area contributed by atoms with Crippen molar-refractivity contribution in [2.75, 3.05) is 40.3 Å². The van der Waals surface area contributed by atoms with Gasteiger partial charge in [0.05, 0.1) is 6.54 Å². The Morgan fingerprint density at radius 3 is 2.88 bits per heavy atom. The quantitative estimate of drug-likeness (QED) is 0.740. The maximum Gasteiger partial charge on any atom is 0.146 e. The monoisotopic (exact) mass is 238 g/mol. The normalized spacial score (nSPS) is 23.1. The minimum Gasteiger partial charge on any atom is -0.320 e.